The summed E-state index contributed by atoms with van der Waals surface area (Å²) in [6, 6.07) is 4.58. The molecule has 1 aliphatic heterocycles. The largest absolute Gasteiger partial charge is 0.350 e. The molecular weight excluding hydrogens is 357 g/mol. The lowest BCUT2D eigenvalue weighted by atomic mass is 9.84. The Kier molecular flexibility index (Phi) is 5.58. The van der Waals surface area contributed by atoms with Crippen LogP contribution in [-0.2, 0) is 5.41 Å². The van der Waals surface area contributed by atoms with Gasteiger partial charge in [0.2, 0.25) is 0 Å². The Morgan fingerprint density at radius 1 is 1.42 bits per heavy atom. The number of hydrogen-bond donors (Lipinski definition) is 2. The Morgan fingerprint density at radius 3 is 2.85 bits per heavy atom. The Morgan fingerprint density at radius 2 is 2.15 bits per heavy atom. The van der Waals surface area contributed by atoms with Gasteiger partial charge in [-0.15, -0.1) is 5.10 Å². The van der Waals surface area contributed by atoms with E-state index in [0.717, 1.165) is 31.5 Å². The van der Waals surface area contributed by atoms with Crippen LogP contribution < -0.4 is 10.6 Å². The molecule has 0 spiro atoms. The molecule has 2 heterocycles. The molecule has 0 aliphatic carbocycles. The van der Waals surface area contributed by atoms with Crippen molar-refractivity contribution in [2.75, 3.05) is 19.6 Å². The lowest BCUT2D eigenvalue weighted by molar-refractivity contribution is 0.0940. The number of benzene rings is 1. The molecule has 2 N–H and O–H groups in total. The maximum atomic E-state index is 13.3. The maximum absolute atomic E-state index is 13.3. The van der Waals surface area contributed by atoms with Crippen molar-refractivity contribution in [3.63, 3.8) is 0 Å². The van der Waals surface area contributed by atoms with Crippen LogP contribution in [0.15, 0.2) is 24.4 Å². The van der Waals surface area contributed by atoms with Gasteiger partial charge in [-0.3, -0.25) is 4.79 Å². The van der Waals surface area contributed by atoms with Gasteiger partial charge in [-0.1, -0.05) is 36.7 Å². The van der Waals surface area contributed by atoms with Gasteiger partial charge < -0.3 is 10.6 Å². The van der Waals surface area contributed by atoms with Gasteiger partial charge in [0.15, 0.2) is 5.69 Å². The zero-order chi connectivity index (χ0) is 18.7. The molecule has 3 rings (SSSR count). The first kappa shape index (κ1) is 18.8. The molecule has 1 aromatic heterocycles. The highest BCUT2D eigenvalue weighted by atomic mass is 35.5. The number of carbonyl (C=O) groups is 1. The fraction of sp³-hybridized carbons (Fsp3) is 0.500. The number of halogens is 2. The maximum Gasteiger partial charge on any atom is 0.273 e. The van der Waals surface area contributed by atoms with E-state index in [-0.39, 0.29) is 17.8 Å². The summed E-state index contributed by atoms with van der Waals surface area (Å²) in [6.07, 6.45) is 3.64. The van der Waals surface area contributed by atoms with E-state index in [1.54, 1.807) is 16.9 Å². The summed E-state index contributed by atoms with van der Waals surface area (Å²) < 4.78 is 15.0. The predicted octanol–water partition coefficient (Wildman–Crippen LogP) is 2.70. The quantitative estimate of drug-likeness (QED) is 0.837. The van der Waals surface area contributed by atoms with Gasteiger partial charge in [0, 0.05) is 17.0 Å². The molecule has 0 saturated carbocycles. The third kappa shape index (κ3) is 4.22. The van der Waals surface area contributed by atoms with E-state index in [1.165, 1.54) is 12.1 Å². The predicted molar refractivity (Wildman–Crippen MR) is 97.9 cm³/mol. The molecular formula is C18H23ClFN5O. The number of rotatable bonds is 5. The Hall–Kier alpha value is -1.99. The smallest absolute Gasteiger partial charge is 0.273 e. The van der Waals surface area contributed by atoms with E-state index in [1.807, 2.05) is 13.8 Å². The highest BCUT2D eigenvalue weighted by Gasteiger charge is 2.25. The number of nitrogens with zero attached hydrogens (tertiary/aromatic N) is 3. The van der Waals surface area contributed by atoms with Crippen molar-refractivity contribution in [2.45, 2.75) is 38.1 Å². The second-order valence-electron chi connectivity index (χ2n) is 7.26. The van der Waals surface area contributed by atoms with Gasteiger partial charge in [-0.25, -0.2) is 9.07 Å². The third-order valence-corrected chi connectivity index (χ3v) is 5.09. The summed E-state index contributed by atoms with van der Waals surface area (Å²) in [4.78, 5) is 12.4. The molecule has 2 aromatic rings. The number of aromatic nitrogens is 3. The summed E-state index contributed by atoms with van der Waals surface area (Å²) in [5, 5.41) is 14.6. The highest BCUT2D eigenvalue weighted by Crippen LogP contribution is 2.30. The van der Waals surface area contributed by atoms with Crippen LogP contribution in [0.4, 0.5) is 4.39 Å². The standard InChI is InChI=1S/C18H23ClFN5O/c1-18(2,14-4-3-12(20)9-15(14)19)11-22-17(26)16-10-25(24-23-16)13-5-7-21-8-6-13/h3-4,9-10,13,21H,5-8,11H2,1-2H3,(H,22,26). The van der Waals surface area contributed by atoms with Crippen LogP contribution in [0.1, 0.15) is 48.8 Å². The van der Waals surface area contributed by atoms with Crippen molar-refractivity contribution < 1.29 is 9.18 Å². The summed E-state index contributed by atoms with van der Waals surface area (Å²) in [7, 11) is 0. The van der Waals surface area contributed by atoms with Crippen LogP contribution in [0.5, 0.6) is 0 Å². The molecule has 26 heavy (non-hydrogen) atoms. The van der Waals surface area contributed by atoms with Gasteiger partial charge >= 0.3 is 0 Å². The molecule has 140 valence electrons. The molecule has 1 aliphatic rings. The lowest BCUT2D eigenvalue weighted by Gasteiger charge is -2.26. The van der Waals surface area contributed by atoms with Crippen LogP contribution in [0.3, 0.4) is 0 Å². The number of hydrogen-bond acceptors (Lipinski definition) is 4. The number of nitrogens with one attached hydrogen (secondary N) is 2. The summed E-state index contributed by atoms with van der Waals surface area (Å²) in [6.45, 7) is 6.12. The van der Waals surface area contributed by atoms with Gasteiger partial charge in [0.1, 0.15) is 5.82 Å². The normalized spacial score (nSPS) is 15.8. The molecule has 0 bridgehead atoms. The fourth-order valence-electron chi connectivity index (χ4n) is 3.16. The molecule has 1 amide bonds. The average Bonchev–Trinajstić information content (AvgIpc) is 3.10. The molecule has 1 saturated heterocycles. The van der Waals surface area contributed by atoms with Crippen molar-refractivity contribution in [3.05, 3.63) is 46.5 Å². The fourth-order valence-corrected chi connectivity index (χ4v) is 3.58. The lowest BCUT2D eigenvalue weighted by Crippen LogP contribution is -2.37. The number of piperidine rings is 1. The molecule has 1 fully saturated rings. The molecule has 0 atom stereocenters. The minimum Gasteiger partial charge on any atom is -0.350 e. The molecule has 1 aromatic carbocycles. The van der Waals surface area contributed by atoms with Crippen LogP contribution in [0, 0.1) is 5.82 Å². The molecule has 0 unspecified atom stereocenters. The van der Waals surface area contributed by atoms with E-state index in [9.17, 15) is 9.18 Å². The third-order valence-electron chi connectivity index (χ3n) is 4.78. The van der Waals surface area contributed by atoms with Gasteiger partial charge in [-0.2, -0.15) is 0 Å². The SMILES string of the molecule is CC(C)(CNC(=O)c1cn(C2CCNCC2)nn1)c1ccc(F)cc1Cl. The first-order chi connectivity index (χ1) is 12.4. The summed E-state index contributed by atoms with van der Waals surface area (Å²) in [5.74, 6) is -0.662. The van der Waals surface area contributed by atoms with Crippen LogP contribution in [0.25, 0.3) is 0 Å². The minimum absolute atomic E-state index is 0.278. The van der Waals surface area contributed by atoms with Gasteiger partial charge in [0.05, 0.1) is 12.2 Å². The van der Waals surface area contributed by atoms with E-state index in [0.29, 0.717) is 17.3 Å². The number of amides is 1. The van der Waals surface area contributed by atoms with E-state index in [2.05, 4.69) is 20.9 Å². The van der Waals surface area contributed by atoms with Crippen molar-refractivity contribution >= 4 is 17.5 Å². The second-order valence-corrected chi connectivity index (χ2v) is 7.66. The van der Waals surface area contributed by atoms with Crippen LogP contribution in [0.2, 0.25) is 5.02 Å². The Balaban J connectivity index is 1.63. The monoisotopic (exact) mass is 379 g/mol. The van der Waals surface area contributed by atoms with Crippen molar-refractivity contribution in [1.82, 2.24) is 25.6 Å². The molecule has 0 radical (unpaired) electrons. The van der Waals surface area contributed by atoms with E-state index in [4.69, 9.17) is 11.6 Å². The topological polar surface area (TPSA) is 71.8 Å². The molecule has 8 heteroatoms. The van der Waals surface area contributed by atoms with Crippen molar-refractivity contribution in [2.24, 2.45) is 0 Å². The Bertz CT molecular complexity index is 786. The highest BCUT2D eigenvalue weighted by molar-refractivity contribution is 6.31. The Labute approximate surface area is 157 Å². The van der Waals surface area contributed by atoms with Gasteiger partial charge in [0.25, 0.3) is 5.91 Å². The zero-order valence-electron chi connectivity index (χ0n) is 14.9. The van der Waals surface area contributed by atoms with Gasteiger partial charge in [-0.05, 0) is 43.6 Å². The summed E-state index contributed by atoms with van der Waals surface area (Å²) >= 11 is 6.15. The van der Waals surface area contributed by atoms with Crippen molar-refractivity contribution in [3.8, 4) is 0 Å². The first-order valence-electron chi connectivity index (χ1n) is 8.73. The second kappa shape index (κ2) is 7.72. The van der Waals surface area contributed by atoms with Crippen molar-refractivity contribution in [1.29, 1.82) is 0 Å². The first-order valence-corrected chi connectivity index (χ1v) is 9.11. The molecule has 6 nitrogen and oxygen atoms in total. The van der Waals surface area contributed by atoms with E-state index < -0.39 is 5.41 Å². The zero-order valence-corrected chi connectivity index (χ0v) is 15.7. The van der Waals surface area contributed by atoms with Crippen LogP contribution in [-0.4, -0.2) is 40.5 Å². The van der Waals surface area contributed by atoms with Crippen LogP contribution >= 0.6 is 11.6 Å². The average molecular weight is 380 g/mol. The van der Waals surface area contributed by atoms with E-state index >= 15 is 0 Å². The number of carbonyl (C=O) groups excluding carboxylic acids is 1. The minimum atomic E-state index is -0.453. The summed E-state index contributed by atoms with van der Waals surface area (Å²) in [5.41, 5.74) is 0.620.